The molecule has 0 aliphatic carbocycles. The first-order valence-electron chi connectivity index (χ1n) is 5.11. The van der Waals surface area contributed by atoms with Crippen LogP contribution in [0, 0.1) is 13.8 Å². The molecular weight excluding hydrogens is 298 g/mol. The van der Waals surface area contributed by atoms with Crippen LogP contribution in [0.4, 0.5) is 0 Å². The summed E-state index contributed by atoms with van der Waals surface area (Å²) < 4.78 is 2.89. The molecule has 0 fully saturated rings. The van der Waals surface area contributed by atoms with Gasteiger partial charge in [0.25, 0.3) is 0 Å². The van der Waals surface area contributed by atoms with Gasteiger partial charge in [-0.15, -0.1) is 0 Å². The highest BCUT2D eigenvalue weighted by Gasteiger charge is 2.13. The van der Waals surface area contributed by atoms with Gasteiger partial charge < -0.3 is 10.3 Å². The molecule has 88 valence electrons. The molecule has 2 N–H and O–H groups in total. The minimum atomic E-state index is 0.373. The van der Waals surface area contributed by atoms with Crippen molar-refractivity contribution in [3.05, 3.63) is 46.0 Å². The molecule has 0 aliphatic rings. The van der Waals surface area contributed by atoms with Crippen molar-refractivity contribution in [1.29, 1.82) is 0 Å². The Labute approximate surface area is 114 Å². The lowest BCUT2D eigenvalue weighted by atomic mass is 10.1. The molecule has 1 aromatic carbocycles. The third kappa shape index (κ3) is 2.12. The smallest absolute Gasteiger partial charge is 0.107 e. The number of rotatable bonds is 2. The topological polar surface area (TPSA) is 43.8 Å². The first kappa shape index (κ1) is 12.3. The molecule has 0 spiro atoms. The van der Waals surface area contributed by atoms with E-state index >= 15 is 0 Å². The van der Waals surface area contributed by atoms with E-state index in [1.165, 1.54) is 0 Å². The van der Waals surface area contributed by atoms with Gasteiger partial charge in [0, 0.05) is 15.7 Å². The van der Waals surface area contributed by atoms with Crippen molar-refractivity contribution in [3.63, 3.8) is 0 Å². The van der Waals surface area contributed by atoms with Gasteiger partial charge >= 0.3 is 0 Å². The van der Waals surface area contributed by atoms with Crippen LogP contribution in [0.3, 0.4) is 0 Å². The Balaban J connectivity index is 2.72. The minimum Gasteiger partial charge on any atom is -0.389 e. The number of aromatic nitrogens is 2. The van der Waals surface area contributed by atoms with Gasteiger partial charge in [0.1, 0.15) is 4.99 Å². The fraction of sp³-hybridized carbons (Fsp3) is 0.167. The van der Waals surface area contributed by atoms with Crippen LogP contribution in [-0.2, 0) is 0 Å². The highest BCUT2D eigenvalue weighted by Crippen LogP contribution is 2.25. The van der Waals surface area contributed by atoms with E-state index in [0.29, 0.717) is 4.99 Å². The second kappa shape index (κ2) is 4.58. The molecule has 17 heavy (non-hydrogen) atoms. The zero-order valence-electron chi connectivity index (χ0n) is 9.57. The van der Waals surface area contributed by atoms with Gasteiger partial charge in [0.15, 0.2) is 0 Å². The molecule has 2 rings (SSSR count). The number of aryl methyl sites for hydroxylation is 1. The Morgan fingerprint density at radius 1 is 1.41 bits per heavy atom. The van der Waals surface area contributed by atoms with Gasteiger partial charge in [-0.1, -0.05) is 18.3 Å². The fourth-order valence-electron chi connectivity index (χ4n) is 1.70. The number of nitrogens with two attached hydrogens (primary N) is 1. The Morgan fingerprint density at radius 3 is 2.65 bits per heavy atom. The molecule has 0 bridgehead atoms. The van der Waals surface area contributed by atoms with Crippen LogP contribution in [0.2, 0.25) is 0 Å². The molecule has 0 amide bonds. The molecule has 0 radical (unpaired) electrons. The van der Waals surface area contributed by atoms with Crippen LogP contribution in [0.15, 0.2) is 29.0 Å². The van der Waals surface area contributed by atoms with Crippen molar-refractivity contribution in [2.45, 2.75) is 13.8 Å². The van der Waals surface area contributed by atoms with E-state index in [9.17, 15) is 0 Å². The lowest BCUT2D eigenvalue weighted by molar-refractivity contribution is 0.996. The number of imidazole rings is 1. The molecule has 1 aromatic heterocycles. The largest absolute Gasteiger partial charge is 0.389 e. The maximum absolute atomic E-state index is 5.78. The number of nitrogens with zero attached hydrogens (tertiary/aromatic N) is 2. The minimum absolute atomic E-state index is 0.373. The molecule has 1 heterocycles. The fourth-order valence-corrected chi connectivity index (χ4v) is 2.61. The number of halogens is 1. The van der Waals surface area contributed by atoms with E-state index in [4.69, 9.17) is 18.0 Å². The lowest BCUT2D eigenvalue weighted by Crippen LogP contribution is -2.14. The number of thiocarbonyl (C=S) groups is 1. The molecule has 5 heteroatoms. The molecule has 0 unspecified atom stereocenters. The van der Waals surface area contributed by atoms with Crippen molar-refractivity contribution < 1.29 is 0 Å². The van der Waals surface area contributed by atoms with E-state index in [1.807, 2.05) is 36.6 Å². The zero-order chi connectivity index (χ0) is 12.6. The summed E-state index contributed by atoms with van der Waals surface area (Å²) in [5.74, 6) is 0. The van der Waals surface area contributed by atoms with Crippen LogP contribution < -0.4 is 5.73 Å². The maximum atomic E-state index is 5.78. The van der Waals surface area contributed by atoms with Gasteiger partial charge in [-0.25, -0.2) is 4.98 Å². The van der Waals surface area contributed by atoms with Crippen molar-refractivity contribution in [3.8, 4) is 5.69 Å². The van der Waals surface area contributed by atoms with Crippen LogP contribution in [0.5, 0.6) is 0 Å². The van der Waals surface area contributed by atoms with Crippen molar-refractivity contribution in [2.24, 2.45) is 5.73 Å². The predicted octanol–water partition coefficient (Wildman–Crippen LogP) is 2.89. The highest BCUT2D eigenvalue weighted by atomic mass is 79.9. The quantitative estimate of drug-likeness (QED) is 0.868. The molecule has 3 nitrogen and oxygen atoms in total. The second-order valence-corrected chi connectivity index (χ2v) is 5.08. The van der Waals surface area contributed by atoms with Crippen molar-refractivity contribution in [2.75, 3.05) is 0 Å². The highest BCUT2D eigenvalue weighted by molar-refractivity contribution is 9.10. The number of hydrogen-bond acceptors (Lipinski definition) is 2. The van der Waals surface area contributed by atoms with Gasteiger partial charge in [-0.3, -0.25) is 0 Å². The van der Waals surface area contributed by atoms with Crippen molar-refractivity contribution >= 4 is 33.1 Å². The van der Waals surface area contributed by atoms with Gasteiger partial charge in [-0.05, 0) is 41.9 Å². The summed E-state index contributed by atoms with van der Waals surface area (Å²) in [6, 6.07) is 5.86. The third-order valence-electron chi connectivity index (χ3n) is 2.75. The predicted molar refractivity (Wildman–Crippen MR) is 76.6 cm³/mol. The van der Waals surface area contributed by atoms with Gasteiger partial charge in [-0.2, -0.15) is 0 Å². The Morgan fingerprint density at radius 2 is 2.12 bits per heavy atom. The van der Waals surface area contributed by atoms with E-state index < -0.39 is 0 Å². The number of hydrogen-bond donors (Lipinski definition) is 1. The Kier molecular flexibility index (Phi) is 3.31. The van der Waals surface area contributed by atoms with E-state index in [-0.39, 0.29) is 0 Å². The normalized spacial score (nSPS) is 10.5. The summed E-state index contributed by atoms with van der Waals surface area (Å²) in [5.41, 5.74) is 9.65. The molecule has 0 saturated heterocycles. The Bertz CT molecular complexity index is 589. The monoisotopic (exact) mass is 309 g/mol. The summed E-state index contributed by atoms with van der Waals surface area (Å²) >= 11 is 8.58. The van der Waals surface area contributed by atoms with Gasteiger partial charge in [0.05, 0.1) is 17.7 Å². The average Bonchev–Trinajstić information content (AvgIpc) is 2.59. The van der Waals surface area contributed by atoms with Crippen LogP contribution in [-0.4, -0.2) is 14.5 Å². The van der Waals surface area contributed by atoms with Crippen LogP contribution in [0.25, 0.3) is 5.69 Å². The van der Waals surface area contributed by atoms with Gasteiger partial charge in [0.2, 0.25) is 0 Å². The maximum Gasteiger partial charge on any atom is 0.107 e. The van der Waals surface area contributed by atoms with E-state index in [0.717, 1.165) is 27.1 Å². The summed E-state index contributed by atoms with van der Waals surface area (Å²) in [5, 5.41) is 0. The molecular formula is C12H12BrN3S. The second-order valence-electron chi connectivity index (χ2n) is 3.78. The van der Waals surface area contributed by atoms with E-state index in [2.05, 4.69) is 20.9 Å². The third-order valence-corrected chi connectivity index (χ3v) is 3.61. The first-order chi connectivity index (χ1) is 8.02. The molecule has 0 aliphatic heterocycles. The van der Waals surface area contributed by atoms with Crippen LogP contribution in [0.1, 0.15) is 17.0 Å². The average molecular weight is 310 g/mol. The summed E-state index contributed by atoms with van der Waals surface area (Å²) in [6.07, 6.45) is 1.79. The summed E-state index contributed by atoms with van der Waals surface area (Å²) in [6.45, 7) is 4.00. The van der Waals surface area contributed by atoms with Crippen LogP contribution >= 0.6 is 28.1 Å². The SMILES string of the molecule is Cc1ncn(-c2cccc(Br)c2C(N)=S)c1C. The summed E-state index contributed by atoms with van der Waals surface area (Å²) in [4.78, 5) is 4.66. The summed E-state index contributed by atoms with van der Waals surface area (Å²) in [7, 11) is 0. The molecule has 2 aromatic rings. The lowest BCUT2D eigenvalue weighted by Gasteiger charge is -2.12. The van der Waals surface area contributed by atoms with Crippen molar-refractivity contribution in [1.82, 2.24) is 9.55 Å². The zero-order valence-corrected chi connectivity index (χ0v) is 12.0. The standard InChI is InChI=1S/C12H12BrN3S/c1-7-8(2)16(6-15-7)10-5-3-4-9(13)11(10)12(14)17/h3-6H,1-2H3,(H2,14,17). The molecule has 0 saturated carbocycles. The molecule has 0 atom stereocenters. The van der Waals surface area contributed by atoms with E-state index in [1.54, 1.807) is 6.33 Å². The number of benzene rings is 1. The first-order valence-corrected chi connectivity index (χ1v) is 6.31. The Hall–Kier alpha value is -1.20.